The van der Waals surface area contributed by atoms with Gasteiger partial charge >= 0.3 is 0 Å². The minimum Gasteiger partial charge on any atom is -0.340 e. The van der Waals surface area contributed by atoms with E-state index in [9.17, 15) is 4.79 Å². The van der Waals surface area contributed by atoms with Gasteiger partial charge in [0.1, 0.15) is 10.7 Å². The number of amides is 1. The number of nitrogens with zero attached hydrogens (tertiary/aromatic N) is 4. The highest BCUT2D eigenvalue weighted by Crippen LogP contribution is 2.24. The van der Waals surface area contributed by atoms with Gasteiger partial charge in [-0.3, -0.25) is 4.79 Å². The summed E-state index contributed by atoms with van der Waals surface area (Å²) in [5, 5.41) is 6.98. The Morgan fingerprint density at radius 3 is 2.68 bits per heavy atom. The van der Waals surface area contributed by atoms with Crippen molar-refractivity contribution in [3.63, 3.8) is 0 Å². The zero-order chi connectivity index (χ0) is 19.4. The van der Waals surface area contributed by atoms with Crippen molar-refractivity contribution >= 4 is 29.7 Å². The number of carbonyl (C=O) groups excluding carboxylic acids is 1. The number of hydrogen-bond acceptors (Lipinski definition) is 5. The standard InChI is InChI=1S/C20H25N5OS.ClH/c1-14(2)17(21)9-10-24(3)20(26)18-13-27-19(23-18)15-11-22-25(12-15)16-7-5-4-6-8-16;/h4-8,11-14,17H,9-10,21H2,1-3H3;1H. The van der Waals surface area contributed by atoms with Gasteiger partial charge in [0.05, 0.1) is 11.9 Å². The average Bonchev–Trinajstić information content (AvgIpc) is 3.35. The normalized spacial score (nSPS) is 11.9. The van der Waals surface area contributed by atoms with Gasteiger partial charge in [0.2, 0.25) is 0 Å². The molecular weight excluding hydrogens is 394 g/mol. The van der Waals surface area contributed by atoms with Gasteiger partial charge in [-0.15, -0.1) is 23.7 Å². The van der Waals surface area contributed by atoms with Gasteiger partial charge in [-0.25, -0.2) is 9.67 Å². The molecule has 0 saturated heterocycles. The molecule has 1 aromatic carbocycles. The monoisotopic (exact) mass is 419 g/mol. The first kappa shape index (κ1) is 22.1. The van der Waals surface area contributed by atoms with Gasteiger partial charge in [0.25, 0.3) is 5.91 Å². The van der Waals surface area contributed by atoms with Crippen LogP contribution >= 0.6 is 23.7 Å². The Kier molecular flexibility index (Phi) is 7.74. The van der Waals surface area contributed by atoms with Gasteiger partial charge in [0, 0.05) is 36.8 Å². The Morgan fingerprint density at radius 1 is 1.29 bits per heavy atom. The number of halogens is 1. The molecule has 8 heteroatoms. The van der Waals surface area contributed by atoms with E-state index < -0.39 is 0 Å². The van der Waals surface area contributed by atoms with Crippen LogP contribution in [-0.4, -0.2) is 45.2 Å². The van der Waals surface area contributed by atoms with E-state index in [0.717, 1.165) is 22.7 Å². The maximum Gasteiger partial charge on any atom is 0.273 e. The second-order valence-corrected chi connectivity index (χ2v) is 7.83. The topological polar surface area (TPSA) is 77.0 Å². The number of para-hydroxylation sites is 1. The second-order valence-electron chi connectivity index (χ2n) is 6.97. The molecule has 6 nitrogen and oxygen atoms in total. The van der Waals surface area contributed by atoms with Crippen molar-refractivity contribution in [3.05, 3.63) is 53.8 Å². The minimum absolute atomic E-state index is 0. The smallest absolute Gasteiger partial charge is 0.273 e. The lowest BCUT2D eigenvalue weighted by atomic mass is 10.0. The molecule has 3 aromatic rings. The van der Waals surface area contributed by atoms with Crippen molar-refractivity contribution in [2.75, 3.05) is 13.6 Å². The Hall–Kier alpha value is -2.22. The number of thiazole rings is 1. The summed E-state index contributed by atoms with van der Waals surface area (Å²) in [6.07, 6.45) is 4.47. The molecule has 1 atom stereocenters. The fourth-order valence-electron chi connectivity index (χ4n) is 2.63. The van der Waals surface area contributed by atoms with E-state index in [2.05, 4.69) is 23.9 Å². The predicted octanol–water partition coefficient (Wildman–Crippen LogP) is 3.86. The van der Waals surface area contributed by atoms with Gasteiger partial charge in [-0.2, -0.15) is 5.10 Å². The Balaban J connectivity index is 0.00000280. The highest BCUT2D eigenvalue weighted by Gasteiger charge is 2.18. The number of nitrogens with two attached hydrogens (primary N) is 1. The van der Waals surface area contributed by atoms with E-state index >= 15 is 0 Å². The Bertz CT molecular complexity index is 893. The fourth-order valence-corrected chi connectivity index (χ4v) is 3.40. The molecule has 0 spiro atoms. The van der Waals surface area contributed by atoms with Crippen molar-refractivity contribution in [1.29, 1.82) is 0 Å². The largest absolute Gasteiger partial charge is 0.340 e. The van der Waals surface area contributed by atoms with Gasteiger partial charge < -0.3 is 10.6 Å². The molecule has 2 N–H and O–H groups in total. The number of rotatable bonds is 7. The lowest BCUT2D eigenvalue weighted by Crippen LogP contribution is -2.34. The maximum atomic E-state index is 12.6. The third-order valence-corrected chi connectivity index (χ3v) is 5.47. The van der Waals surface area contributed by atoms with Crippen LogP contribution < -0.4 is 5.73 Å². The molecule has 0 bridgehead atoms. The van der Waals surface area contributed by atoms with Crippen LogP contribution in [0.3, 0.4) is 0 Å². The molecule has 2 heterocycles. The zero-order valence-corrected chi connectivity index (χ0v) is 17.9. The molecule has 1 unspecified atom stereocenters. The van der Waals surface area contributed by atoms with E-state index in [1.54, 1.807) is 28.2 Å². The quantitative estimate of drug-likeness (QED) is 0.630. The van der Waals surface area contributed by atoms with Crippen LogP contribution in [0.4, 0.5) is 0 Å². The first-order chi connectivity index (χ1) is 13.0. The lowest BCUT2D eigenvalue weighted by Gasteiger charge is -2.20. The van der Waals surface area contributed by atoms with Crippen molar-refractivity contribution in [2.24, 2.45) is 11.7 Å². The summed E-state index contributed by atoms with van der Waals surface area (Å²) >= 11 is 1.45. The molecule has 0 aliphatic carbocycles. The van der Waals surface area contributed by atoms with E-state index in [-0.39, 0.29) is 24.4 Å². The molecule has 0 radical (unpaired) electrons. The van der Waals surface area contributed by atoms with Crippen LogP contribution in [0.15, 0.2) is 48.1 Å². The average molecular weight is 420 g/mol. The SMILES string of the molecule is CC(C)C(N)CCN(C)C(=O)c1csc(-c2cnn(-c3ccccc3)c2)n1.Cl. The molecule has 0 fully saturated rings. The molecular formula is C20H26ClN5OS. The van der Waals surface area contributed by atoms with E-state index in [1.165, 1.54) is 11.3 Å². The lowest BCUT2D eigenvalue weighted by molar-refractivity contribution is 0.0784. The van der Waals surface area contributed by atoms with Crippen LogP contribution in [0.5, 0.6) is 0 Å². The highest BCUT2D eigenvalue weighted by molar-refractivity contribution is 7.13. The maximum absolute atomic E-state index is 12.6. The molecule has 1 amide bonds. The van der Waals surface area contributed by atoms with Crippen molar-refractivity contribution < 1.29 is 4.79 Å². The van der Waals surface area contributed by atoms with E-state index in [4.69, 9.17) is 5.73 Å². The van der Waals surface area contributed by atoms with Crippen molar-refractivity contribution in [1.82, 2.24) is 19.7 Å². The second kappa shape index (κ2) is 9.82. The molecule has 0 saturated carbocycles. The first-order valence-corrected chi connectivity index (χ1v) is 9.90. The summed E-state index contributed by atoms with van der Waals surface area (Å²) in [4.78, 5) is 18.8. The van der Waals surface area contributed by atoms with Gasteiger partial charge in [-0.05, 0) is 24.5 Å². The van der Waals surface area contributed by atoms with Crippen molar-refractivity contribution in [3.8, 4) is 16.3 Å². The summed E-state index contributed by atoms with van der Waals surface area (Å²) in [7, 11) is 1.79. The summed E-state index contributed by atoms with van der Waals surface area (Å²) in [5.41, 5.74) is 8.41. The van der Waals surface area contributed by atoms with Crippen LogP contribution in [0.1, 0.15) is 30.8 Å². The predicted molar refractivity (Wildman–Crippen MR) is 116 cm³/mol. The molecule has 2 aromatic heterocycles. The molecule has 3 rings (SSSR count). The minimum atomic E-state index is -0.0797. The first-order valence-electron chi connectivity index (χ1n) is 9.02. The molecule has 28 heavy (non-hydrogen) atoms. The summed E-state index contributed by atoms with van der Waals surface area (Å²) < 4.78 is 1.80. The number of benzene rings is 1. The number of carbonyl (C=O) groups is 1. The van der Waals surface area contributed by atoms with Crippen LogP contribution in [0.25, 0.3) is 16.3 Å². The summed E-state index contributed by atoms with van der Waals surface area (Å²) in [6.45, 7) is 4.81. The fraction of sp³-hybridized carbons (Fsp3) is 0.350. The van der Waals surface area contributed by atoms with Crippen molar-refractivity contribution in [2.45, 2.75) is 26.3 Å². The van der Waals surface area contributed by atoms with E-state index in [1.807, 2.05) is 36.5 Å². The van der Waals surface area contributed by atoms with Gasteiger partial charge in [-0.1, -0.05) is 32.0 Å². The van der Waals surface area contributed by atoms with Crippen LogP contribution in [0, 0.1) is 5.92 Å². The van der Waals surface area contributed by atoms with Crippen LogP contribution in [-0.2, 0) is 0 Å². The van der Waals surface area contributed by atoms with Gasteiger partial charge in [0.15, 0.2) is 0 Å². The third-order valence-electron chi connectivity index (χ3n) is 4.57. The van der Waals surface area contributed by atoms with E-state index in [0.29, 0.717) is 18.2 Å². The Labute approximate surface area is 175 Å². The summed E-state index contributed by atoms with van der Waals surface area (Å²) in [6, 6.07) is 9.98. The van der Waals surface area contributed by atoms with Crippen LogP contribution in [0.2, 0.25) is 0 Å². The Morgan fingerprint density at radius 2 is 2.00 bits per heavy atom. The highest BCUT2D eigenvalue weighted by atomic mass is 35.5. The molecule has 0 aliphatic rings. The number of aromatic nitrogens is 3. The molecule has 150 valence electrons. The molecule has 0 aliphatic heterocycles. The number of hydrogen-bond donors (Lipinski definition) is 1. The zero-order valence-electron chi connectivity index (χ0n) is 16.3. The third kappa shape index (κ3) is 5.19. The summed E-state index contributed by atoms with van der Waals surface area (Å²) in [5.74, 6) is 0.324.